The van der Waals surface area contributed by atoms with E-state index in [-0.39, 0.29) is 30.5 Å². The topological polar surface area (TPSA) is 108 Å². The molecule has 0 aromatic heterocycles. The molecular formula is C13H15N3O4. The molecule has 0 aliphatic carbocycles. The van der Waals surface area contributed by atoms with Crippen LogP contribution in [-0.2, 0) is 9.59 Å². The number of aromatic carboxylic acids is 1. The molecule has 7 nitrogen and oxygen atoms in total. The molecule has 1 unspecified atom stereocenters. The molecule has 0 spiro atoms. The van der Waals surface area contributed by atoms with Crippen LogP contribution >= 0.6 is 0 Å². The molecular weight excluding hydrogens is 262 g/mol. The van der Waals surface area contributed by atoms with Crippen molar-refractivity contribution in [3.8, 4) is 0 Å². The number of carbonyl (C=O) groups excluding carboxylic acids is 2. The van der Waals surface area contributed by atoms with Gasteiger partial charge in [-0.05, 0) is 24.6 Å². The van der Waals surface area contributed by atoms with Crippen molar-refractivity contribution in [2.45, 2.75) is 13.0 Å². The van der Waals surface area contributed by atoms with E-state index in [0.717, 1.165) is 5.56 Å². The lowest BCUT2D eigenvalue weighted by Crippen LogP contribution is -2.56. The van der Waals surface area contributed by atoms with Gasteiger partial charge in [0.05, 0.1) is 12.1 Å². The van der Waals surface area contributed by atoms with Crippen molar-refractivity contribution in [2.75, 3.05) is 18.4 Å². The Bertz CT molecular complexity index is 561. The van der Waals surface area contributed by atoms with Crippen LogP contribution in [0.4, 0.5) is 5.69 Å². The van der Waals surface area contributed by atoms with Gasteiger partial charge in [-0.15, -0.1) is 0 Å². The van der Waals surface area contributed by atoms with Gasteiger partial charge in [-0.1, -0.05) is 6.07 Å². The van der Waals surface area contributed by atoms with E-state index >= 15 is 0 Å². The quantitative estimate of drug-likeness (QED) is 0.608. The Morgan fingerprint density at radius 1 is 1.40 bits per heavy atom. The van der Waals surface area contributed by atoms with Gasteiger partial charge in [0.25, 0.3) is 0 Å². The summed E-state index contributed by atoms with van der Waals surface area (Å²) in [7, 11) is 0. The molecule has 0 radical (unpaired) electrons. The van der Waals surface area contributed by atoms with Crippen LogP contribution < -0.4 is 16.0 Å². The van der Waals surface area contributed by atoms with E-state index in [1.807, 2.05) is 0 Å². The first-order valence-corrected chi connectivity index (χ1v) is 6.12. The van der Waals surface area contributed by atoms with E-state index in [2.05, 4.69) is 16.0 Å². The van der Waals surface area contributed by atoms with Crippen LogP contribution in [0.1, 0.15) is 15.9 Å². The second kappa shape index (κ2) is 5.70. The molecule has 1 aliphatic heterocycles. The molecule has 7 heteroatoms. The highest BCUT2D eigenvalue weighted by molar-refractivity contribution is 5.98. The molecule has 1 aromatic carbocycles. The maximum Gasteiger partial charge on any atom is 0.335 e. The monoisotopic (exact) mass is 277 g/mol. The summed E-state index contributed by atoms with van der Waals surface area (Å²) in [4.78, 5) is 33.9. The number of anilines is 1. The van der Waals surface area contributed by atoms with E-state index < -0.39 is 12.0 Å². The van der Waals surface area contributed by atoms with Gasteiger partial charge in [0.15, 0.2) is 0 Å². The van der Waals surface area contributed by atoms with Crippen LogP contribution in [0.25, 0.3) is 0 Å². The zero-order valence-electron chi connectivity index (χ0n) is 10.9. The smallest absolute Gasteiger partial charge is 0.335 e. The first-order chi connectivity index (χ1) is 9.47. The summed E-state index contributed by atoms with van der Waals surface area (Å²) < 4.78 is 0. The number of hydrogen-bond acceptors (Lipinski definition) is 4. The normalized spacial score (nSPS) is 18.2. The molecule has 106 valence electrons. The molecule has 20 heavy (non-hydrogen) atoms. The average Bonchev–Trinajstić information content (AvgIpc) is 2.41. The molecule has 4 N–H and O–H groups in total. The number of carboxylic acid groups (broad SMARTS) is 1. The lowest BCUT2D eigenvalue weighted by Gasteiger charge is -2.23. The SMILES string of the molecule is Cc1ccc(C(=O)O)cc1NC(=O)C1CNC(=O)CN1. The van der Waals surface area contributed by atoms with Crippen LogP contribution in [0.3, 0.4) is 0 Å². The summed E-state index contributed by atoms with van der Waals surface area (Å²) in [5.41, 5.74) is 1.33. The third-order valence-electron chi connectivity index (χ3n) is 3.07. The number of aryl methyl sites for hydroxylation is 1. The second-order valence-electron chi connectivity index (χ2n) is 4.56. The Morgan fingerprint density at radius 2 is 2.15 bits per heavy atom. The number of piperazine rings is 1. The van der Waals surface area contributed by atoms with E-state index in [0.29, 0.717) is 5.69 Å². The highest BCUT2D eigenvalue weighted by Crippen LogP contribution is 2.17. The van der Waals surface area contributed by atoms with E-state index in [4.69, 9.17) is 5.11 Å². The molecule has 0 saturated carbocycles. The van der Waals surface area contributed by atoms with Crippen molar-refractivity contribution >= 4 is 23.5 Å². The van der Waals surface area contributed by atoms with Crippen LogP contribution in [0, 0.1) is 6.92 Å². The van der Waals surface area contributed by atoms with Crippen molar-refractivity contribution in [3.63, 3.8) is 0 Å². The Balaban J connectivity index is 2.09. The molecule has 1 atom stereocenters. The lowest BCUT2D eigenvalue weighted by molar-refractivity contribution is -0.124. The van der Waals surface area contributed by atoms with Crippen molar-refractivity contribution in [3.05, 3.63) is 29.3 Å². The number of hydrogen-bond donors (Lipinski definition) is 4. The zero-order valence-corrected chi connectivity index (χ0v) is 10.9. The van der Waals surface area contributed by atoms with Gasteiger partial charge < -0.3 is 15.7 Å². The first kappa shape index (κ1) is 14.0. The van der Waals surface area contributed by atoms with Gasteiger partial charge in [0.2, 0.25) is 11.8 Å². The summed E-state index contributed by atoms with van der Waals surface area (Å²) in [6, 6.07) is 4.00. The highest BCUT2D eigenvalue weighted by atomic mass is 16.4. The molecule has 1 heterocycles. The van der Waals surface area contributed by atoms with E-state index in [9.17, 15) is 14.4 Å². The number of rotatable bonds is 3. The van der Waals surface area contributed by atoms with Crippen molar-refractivity contribution < 1.29 is 19.5 Å². The summed E-state index contributed by atoms with van der Waals surface area (Å²) >= 11 is 0. The summed E-state index contributed by atoms with van der Waals surface area (Å²) in [6.07, 6.45) is 0. The summed E-state index contributed by atoms with van der Waals surface area (Å²) in [5.74, 6) is -1.52. The van der Waals surface area contributed by atoms with Gasteiger partial charge in [-0.25, -0.2) is 4.79 Å². The maximum atomic E-state index is 12.0. The Kier molecular flexibility index (Phi) is 3.99. The Morgan fingerprint density at radius 3 is 2.75 bits per heavy atom. The molecule has 0 bridgehead atoms. The third kappa shape index (κ3) is 3.12. The Hall–Kier alpha value is -2.41. The van der Waals surface area contributed by atoms with Crippen LogP contribution in [0.2, 0.25) is 0 Å². The van der Waals surface area contributed by atoms with Gasteiger partial charge in [0, 0.05) is 12.2 Å². The minimum atomic E-state index is -1.05. The fraction of sp³-hybridized carbons (Fsp3) is 0.308. The molecule has 1 aliphatic rings. The van der Waals surface area contributed by atoms with Crippen molar-refractivity contribution in [1.82, 2.24) is 10.6 Å². The van der Waals surface area contributed by atoms with Gasteiger partial charge in [0.1, 0.15) is 6.04 Å². The average molecular weight is 277 g/mol. The zero-order chi connectivity index (χ0) is 14.7. The fourth-order valence-corrected chi connectivity index (χ4v) is 1.86. The minimum Gasteiger partial charge on any atom is -0.478 e. The minimum absolute atomic E-state index is 0.0895. The Labute approximate surface area is 115 Å². The predicted octanol–water partition coefficient (Wildman–Crippen LogP) is -0.280. The second-order valence-corrected chi connectivity index (χ2v) is 4.56. The van der Waals surface area contributed by atoms with Gasteiger partial charge in [-0.2, -0.15) is 0 Å². The third-order valence-corrected chi connectivity index (χ3v) is 3.07. The van der Waals surface area contributed by atoms with Crippen LogP contribution in [0.15, 0.2) is 18.2 Å². The lowest BCUT2D eigenvalue weighted by atomic mass is 10.1. The van der Waals surface area contributed by atoms with Gasteiger partial charge in [-0.3, -0.25) is 14.9 Å². The number of amides is 2. The maximum absolute atomic E-state index is 12.0. The van der Waals surface area contributed by atoms with Crippen LogP contribution in [0.5, 0.6) is 0 Å². The number of nitrogens with one attached hydrogen (secondary N) is 3. The predicted molar refractivity (Wildman–Crippen MR) is 71.6 cm³/mol. The van der Waals surface area contributed by atoms with E-state index in [1.54, 1.807) is 13.0 Å². The summed E-state index contributed by atoms with van der Waals surface area (Å²) in [5, 5.41) is 17.0. The van der Waals surface area contributed by atoms with Crippen molar-refractivity contribution in [2.24, 2.45) is 0 Å². The molecule has 1 fully saturated rings. The van der Waals surface area contributed by atoms with Gasteiger partial charge >= 0.3 is 5.97 Å². The molecule has 1 saturated heterocycles. The fourth-order valence-electron chi connectivity index (χ4n) is 1.86. The largest absolute Gasteiger partial charge is 0.478 e. The van der Waals surface area contributed by atoms with Crippen LogP contribution in [-0.4, -0.2) is 42.0 Å². The molecule has 2 amide bonds. The number of benzene rings is 1. The summed E-state index contributed by atoms with van der Waals surface area (Å²) in [6.45, 7) is 2.08. The molecule has 2 rings (SSSR count). The number of carboxylic acids is 1. The highest BCUT2D eigenvalue weighted by Gasteiger charge is 2.24. The van der Waals surface area contributed by atoms with Crippen molar-refractivity contribution in [1.29, 1.82) is 0 Å². The van der Waals surface area contributed by atoms with E-state index in [1.165, 1.54) is 12.1 Å². The number of carbonyl (C=O) groups is 3. The first-order valence-electron chi connectivity index (χ1n) is 6.12. The standard InChI is InChI=1S/C13H15N3O4/c1-7-2-3-8(13(19)20)4-9(7)16-12(18)10-5-15-11(17)6-14-10/h2-4,10,14H,5-6H2,1H3,(H,15,17)(H,16,18)(H,19,20). The molecule has 1 aromatic rings.